The average Bonchev–Trinajstić information content (AvgIpc) is 3.08. The monoisotopic (exact) mass is 361 g/mol. The first kappa shape index (κ1) is 17.9. The van der Waals surface area contributed by atoms with Crippen molar-refractivity contribution in [3.05, 3.63) is 46.2 Å². The first-order chi connectivity index (χ1) is 12.0. The second kappa shape index (κ2) is 7.99. The molecule has 1 aromatic heterocycles. The van der Waals surface area contributed by atoms with E-state index in [2.05, 4.69) is 22.1 Å². The van der Waals surface area contributed by atoms with Gasteiger partial charge in [-0.2, -0.15) is 0 Å². The number of likely N-dealkylation sites (tertiary alicyclic amines) is 1. The zero-order chi connectivity index (χ0) is 17.8. The minimum atomic E-state index is 0.254. The third-order valence-electron chi connectivity index (χ3n) is 4.56. The molecule has 0 spiro atoms. The Balaban J connectivity index is 1.56. The summed E-state index contributed by atoms with van der Waals surface area (Å²) in [7, 11) is 0. The van der Waals surface area contributed by atoms with Crippen molar-refractivity contribution in [1.82, 2.24) is 19.9 Å². The number of phenolic OH excluding ortho intramolecular Hbond substituents is 1. The number of rotatable bonds is 5. The molecule has 7 heteroatoms. The molecule has 0 radical (unpaired) electrons. The number of benzene rings is 1. The molecule has 1 aliphatic heterocycles. The van der Waals surface area contributed by atoms with Gasteiger partial charge in [-0.25, -0.2) is 4.68 Å². The quantitative estimate of drug-likeness (QED) is 0.855. The summed E-state index contributed by atoms with van der Waals surface area (Å²) in [6, 6.07) is 5.49. The molecule has 0 amide bonds. The van der Waals surface area contributed by atoms with Crippen LogP contribution in [0.2, 0.25) is 5.02 Å². The van der Waals surface area contributed by atoms with Gasteiger partial charge in [0.25, 0.3) is 0 Å². The molecule has 0 aliphatic carbocycles. The lowest BCUT2D eigenvalue weighted by Gasteiger charge is -2.32. The van der Waals surface area contributed by atoms with E-state index in [1.165, 1.54) is 5.57 Å². The van der Waals surface area contributed by atoms with Gasteiger partial charge in [-0.15, -0.1) is 5.10 Å². The first-order valence-electron chi connectivity index (χ1n) is 8.54. The minimum Gasteiger partial charge on any atom is -0.507 e. The first-order valence-corrected chi connectivity index (χ1v) is 8.92. The topological polar surface area (TPSA) is 80.2 Å². The van der Waals surface area contributed by atoms with Crippen LogP contribution in [0.15, 0.2) is 30.0 Å². The lowest BCUT2D eigenvalue weighted by molar-refractivity contribution is 0.191. The third kappa shape index (κ3) is 4.60. The van der Waals surface area contributed by atoms with Gasteiger partial charge in [0.05, 0.1) is 17.9 Å². The maximum atomic E-state index is 9.93. The van der Waals surface area contributed by atoms with E-state index < -0.39 is 0 Å². The van der Waals surface area contributed by atoms with Gasteiger partial charge < -0.3 is 10.8 Å². The number of nitrogens with two attached hydrogens (primary N) is 1. The summed E-state index contributed by atoms with van der Waals surface area (Å²) < 4.78 is 1.95. The van der Waals surface area contributed by atoms with Gasteiger partial charge in [-0.05, 0) is 38.0 Å². The van der Waals surface area contributed by atoms with E-state index in [1.54, 1.807) is 18.2 Å². The van der Waals surface area contributed by atoms with Gasteiger partial charge in [0.2, 0.25) is 0 Å². The zero-order valence-electron chi connectivity index (χ0n) is 14.4. The maximum absolute atomic E-state index is 9.93. The van der Waals surface area contributed by atoms with Crippen LogP contribution in [0.5, 0.6) is 5.75 Å². The van der Waals surface area contributed by atoms with Crippen LogP contribution in [0.3, 0.4) is 0 Å². The van der Waals surface area contributed by atoms with E-state index in [9.17, 15) is 5.11 Å². The molecule has 3 N–H and O–H groups in total. The highest BCUT2D eigenvalue weighted by Crippen LogP contribution is 2.25. The Hall–Kier alpha value is -1.89. The second-order valence-corrected chi connectivity index (χ2v) is 7.03. The van der Waals surface area contributed by atoms with Gasteiger partial charge in [0.15, 0.2) is 0 Å². The van der Waals surface area contributed by atoms with Crippen LogP contribution >= 0.6 is 11.6 Å². The fourth-order valence-corrected chi connectivity index (χ4v) is 3.41. The SMILES string of the molecule is C/C(=C\c1cc(Cl)ccc1O)CN1CCC(n2cc(CN)nn2)CC1. The van der Waals surface area contributed by atoms with Crippen LogP contribution in [0.1, 0.15) is 37.1 Å². The molecule has 1 saturated heterocycles. The second-order valence-electron chi connectivity index (χ2n) is 6.60. The highest BCUT2D eigenvalue weighted by Gasteiger charge is 2.21. The predicted molar refractivity (Wildman–Crippen MR) is 99.4 cm³/mol. The average molecular weight is 362 g/mol. The number of hydrogen-bond acceptors (Lipinski definition) is 5. The van der Waals surface area contributed by atoms with E-state index >= 15 is 0 Å². The van der Waals surface area contributed by atoms with Gasteiger partial charge in [0, 0.05) is 36.8 Å². The highest BCUT2D eigenvalue weighted by atomic mass is 35.5. The molecular formula is C18H24ClN5O. The van der Waals surface area contributed by atoms with E-state index in [1.807, 2.05) is 17.0 Å². The van der Waals surface area contributed by atoms with Crippen molar-refractivity contribution in [2.75, 3.05) is 19.6 Å². The number of halogens is 1. The van der Waals surface area contributed by atoms with E-state index in [0.29, 0.717) is 17.6 Å². The molecule has 134 valence electrons. The normalized spacial score (nSPS) is 17.2. The van der Waals surface area contributed by atoms with E-state index in [4.69, 9.17) is 17.3 Å². The molecule has 6 nitrogen and oxygen atoms in total. The number of hydrogen-bond donors (Lipinski definition) is 2. The molecule has 25 heavy (non-hydrogen) atoms. The van der Waals surface area contributed by atoms with Crippen molar-refractivity contribution in [3.8, 4) is 5.75 Å². The van der Waals surface area contributed by atoms with Crippen LogP contribution in [0.25, 0.3) is 6.08 Å². The Bertz CT molecular complexity index is 750. The van der Waals surface area contributed by atoms with Crippen LogP contribution in [0, 0.1) is 0 Å². The molecule has 2 aromatic rings. The predicted octanol–water partition coefficient (Wildman–Crippen LogP) is 2.84. The van der Waals surface area contributed by atoms with Gasteiger partial charge in [-0.1, -0.05) is 28.5 Å². The van der Waals surface area contributed by atoms with Crippen molar-refractivity contribution in [3.63, 3.8) is 0 Å². The lowest BCUT2D eigenvalue weighted by Crippen LogP contribution is -2.35. The Morgan fingerprint density at radius 2 is 2.16 bits per heavy atom. The lowest BCUT2D eigenvalue weighted by atomic mass is 10.0. The Kier molecular flexibility index (Phi) is 5.73. The summed E-state index contributed by atoms with van der Waals surface area (Å²) in [5.41, 5.74) is 8.39. The Labute approximate surface area is 152 Å². The number of aromatic nitrogens is 3. The number of phenols is 1. The van der Waals surface area contributed by atoms with Crippen LogP contribution < -0.4 is 5.73 Å². The van der Waals surface area contributed by atoms with Gasteiger partial charge in [-0.3, -0.25) is 4.90 Å². The molecule has 0 saturated carbocycles. The minimum absolute atomic E-state index is 0.254. The summed E-state index contributed by atoms with van der Waals surface area (Å²) in [6.07, 6.45) is 6.04. The van der Waals surface area contributed by atoms with Crippen molar-refractivity contribution in [2.24, 2.45) is 5.73 Å². The van der Waals surface area contributed by atoms with Crippen LogP contribution in [-0.4, -0.2) is 44.6 Å². The summed E-state index contributed by atoms with van der Waals surface area (Å²) >= 11 is 6.01. The summed E-state index contributed by atoms with van der Waals surface area (Å²) in [6.45, 7) is 5.41. The largest absolute Gasteiger partial charge is 0.507 e. The number of aromatic hydroxyl groups is 1. The molecule has 0 bridgehead atoms. The van der Waals surface area contributed by atoms with Gasteiger partial charge in [0.1, 0.15) is 5.75 Å². The van der Waals surface area contributed by atoms with Crippen molar-refractivity contribution in [1.29, 1.82) is 0 Å². The van der Waals surface area contributed by atoms with E-state index in [0.717, 1.165) is 43.7 Å². The van der Waals surface area contributed by atoms with Gasteiger partial charge >= 0.3 is 0 Å². The Morgan fingerprint density at radius 3 is 2.84 bits per heavy atom. The third-order valence-corrected chi connectivity index (χ3v) is 4.80. The number of nitrogens with zero attached hydrogens (tertiary/aromatic N) is 4. The van der Waals surface area contributed by atoms with Crippen LogP contribution in [-0.2, 0) is 6.54 Å². The maximum Gasteiger partial charge on any atom is 0.122 e. The zero-order valence-corrected chi connectivity index (χ0v) is 15.2. The molecule has 1 fully saturated rings. The van der Waals surface area contributed by atoms with E-state index in [-0.39, 0.29) is 5.75 Å². The molecule has 1 aliphatic rings. The molecule has 1 aromatic carbocycles. The summed E-state index contributed by atoms with van der Waals surface area (Å²) in [5.74, 6) is 0.254. The Morgan fingerprint density at radius 1 is 1.40 bits per heavy atom. The molecule has 2 heterocycles. The molecule has 0 atom stereocenters. The molecule has 0 unspecified atom stereocenters. The molecule has 3 rings (SSSR count). The summed E-state index contributed by atoms with van der Waals surface area (Å²) in [4.78, 5) is 2.42. The highest BCUT2D eigenvalue weighted by molar-refractivity contribution is 6.30. The fourth-order valence-electron chi connectivity index (χ4n) is 3.23. The smallest absolute Gasteiger partial charge is 0.122 e. The van der Waals surface area contributed by atoms with Crippen LogP contribution in [0.4, 0.5) is 0 Å². The van der Waals surface area contributed by atoms with Crippen molar-refractivity contribution >= 4 is 17.7 Å². The standard InChI is InChI=1S/C18H24ClN5O/c1-13(8-14-9-15(19)2-3-18(14)25)11-23-6-4-17(5-7-23)24-12-16(10-20)21-22-24/h2-3,8-9,12,17,25H,4-7,10-11,20H2,1H3/b13-8+. The van der Waals surface area contributed by atoms with Crippen molar-refractivity contribution in [2.45, 2.75) is 32.4 Å². The summed E-state index contributed by atoms with van der Waals surface area (Å²) in [5, 5.41) is 18.8. The number of piperidine rings is 1. The molecular weight excluding hydrogens is 338 g/mol. The van der Waals surface area contributed by atoms with Crippen molar-refractivity contribution < 1.29 is 5.11 Å². The fraction of sp³-hybridized carbons (Fsp3) is 0.444.